The van der Waals surface area contributed by atoms with Crippen molar-refractivity contribution in [3.05, 3.63) is 22.4 Å². The highest BCUT2D eigenvalue weighted by Gasteiger charge is 2.41. The van der Waals surface area contributed by atoms with Crippen LogP contribution in [0, 0.1) is 0 Å². The van der Waals surface area contributed by atoms with Gasteiger partial charge in [0, 0.05) is 4.88 Å². The summed E-state index contributed by atoms with van der Waals surface area (Å²) in [5.74, 6) is -0.253. The zero-order valence-electron chi connectivity index (χ0n) is 7.86. The van der Waals surface area contributed by atoms with Gasteiger partial charge in [0.2, 0.25) is 0 Å². The van der Waals surface area contributed by atoms with Crippen LogP contribution in [0.2, 0.25) is 0 Å². The average molecular weight is 211 g/mol. The molecule has 3 nitrogen and oxygen atoms in total. The molecule has 1 aromatic rings. The van der Waals surface area contributed by atoms with Gasteiger partial charge >= 0.3 is 5.97 Å². The van der Waals surface area contributed by atoms with Gasteiger partial charge in [-0.15, -0.1) is 11.3 Å². The van der Waals surface area contributed by atoms with Crippen LogP contribution in [0.15, 0.2) is 17.5 Å². The van der Waals surface area contributed by atoms with E-state index in [0.717, 1.165) is 24.1 Å². The van der Waals surface area contributed by atoms with Gasteiger partial charge in [-0.05, 0) is 30.7 Å². The third-order valence-electron chi connectivity index (χ3n) is 2.58. The Balaban J connectivity index is 1.84. The lowest BCUT2D eigenvalue weighted by molar-refractivity contribution is -0.154. The Morgan fingerprint density at radius 2 is 2.43 bits per heavy atom. The van der Waals surface area contributed by atoms with Crippen LogP contribution in [0.25, 0.3) is 0 Å². The predicted molar refractivity (Wildman–Crippen MR) is 54.9 cm³/mol. The number of esters is 1. The fourth-order valence-corrected chi connectivity index (χ4v) is 2.05. The van der Waals surface area contributed by atoms with E-state index in [4.69, 9.17) is 10.5 Å². The molecule has 0 radical (unpaired) electrons. The number of ether oxygens (including phenoxy) is 1. The summed E-state index contributed by atoms with van der Waals surface area (Å²) < 4.78 is 5.14. The van der Waals surface area contributed by atoms with Gasteiger partial charge in [-0.2, -0.15) is 0 Å². The molecule has 1 saturated carbocycles. The number of hydrogen-bond acceptors (Lipinski definition) is 4. The number of hydrogen-bond donors (Lipinski definition) is 1. The molecule has 14 heavy (non-hydrogen) atoms. The minimum atomic E-state index is -0.683. The maximum Gasteiger partial charge on any atom is 0.326 e. The Morgan fingerprint density at radius 1 is 1.64 bits per heavy atom. The maximum absolute atomic E-state index is 11.5. The molecule has 2 rings (SSSR count). The standard InChI is InChI=1S/C10H13NO2S/c11-10(4-2-5-10)9(12)13-7-8-3-1-6-14-8/h1,3,6H,2,4-5,7,11H2. The molecule has 0 amide bonds. The Kier molecular flexibility index (Phi) is 2.56. The van der Waals surface area contributed by atoms with Crippen molar-refractivity contribution in [1.82, 2.24) is 0 Å². The summed E-state index contributed by atoms with van der Waals surface area (Å²) in [6.45, 7) is 0.357. The first-order valence-electron chi connectivity index (χ1n) is 4.69. The minimum Gasteiger partial charge on any atom is -0.459 e. The summed E-state index contributed by atoms with van der Waals surface area (Å²) in [6.07, 6.45) is 2.55. The van der Waals surface area contributed by atoms with E-state index in [-0.39, 0.29) is 5.97 Å². The Bertz CT molecular complexity index is 317. The van der Waals surface area contributed by atoms with Crippen molar-refractivity contribution in [3.63, 3.8) is 0 Å². The average Bonchev–Trinajstić information content (AvgIpc) is 2.62. The highest BCUT2D eigenvalue weighted by molar-refractivity contribution is 7.09. The quantitative estimate of drug-likeness (QED) is 0.774. The topological polar surface area (TPSA) is 52.3 Å². The number of carbonyl (C=O) groups excluding carboxylic acids is 1. The second-order valence-corrected chi connectivity index (χ2v) is 4.70. The van der Waals surface area contributed by atoms with Crippen LogP contribution in [-0.2, 0) is 16.1 Å². The zero-order chi connectivity index (χ0) is 10.0. The molecule has 76 valence electrons. The van der Waals surface area contributed by atoms with Gasteiger partial charge in [-0.1, -0.05) is 6.07 Å². The first-order chi connectivity index (χ1) is 6.71. The highest BCUT2D eigenvalue weighted by atomic mass is 32.1. The summed E-state index contributed by atoms with van der Waals surface area (Å²) >= 11 is 1.58. The van der Waals surface area contributed by atoms with E-state index in [0.29, 0.717) is 6.61 Å². The first kappa shape index (κ1) is 9.68. The molecule has 1 aliphatic rings. The molecule has 1 aromatic heterocycles. The second-order valence-electron chi connectivity index (χ2n) is 3.67. The number of rotatable bonds is 3. The summed E-state index contributed by atoms with van der Waals surface area (Å²) in [5, 5.41) is 1.96. The van der Waals surface area contributed by atoms with E-state index >= 15 is 0 Å². The van der Waals surface area contributed by atoms with Crippen molar-refractivity contribution in [1.29, 1.82) is 0 Å². The van der Waals surface area contributed by atoms with E-state index in [1.807, 2.05) is 17.5 Å². The van der Waals surface area contributed by atoms with Gasteiger partial charge in [0.1, 0.15) is 12.1 Å². The monoisotopic (exact) mass is 211 g/mol. The molecule has 0 spiro atoms. The zero-order valence-corrected chi connectivity index (χ0v) is 8.68. The summed E-state index contributed by atoms with van der Waals surface area (Å²) in [7, 11) is 0. The molecule has 2 N–H and O–H groups in total. The molecule has 4 heteroatoms. The van der Waals surface area contributed by atoms with E-state index in [1.165, 1.54) is 0 Å². The smallest absolute Gasteiger partial charge is 0.326 e. The molecule has 1 fully saturated rings. The maximum atomic E-state index is 11.5. The van der Waals surface area contributed by atoms with Crippen LogP contribution in [0.4, 0.5) is 0 Å². The van der Waals surface area contributed by atoms with Gasteiger partial charge in [0.15, 0.2) is 0 Å². The number of thiophene rings is 1. The van der Waals surface area contributed by atoms with Crippen LogP contribution < -0.4 is 5.73 Å². The molecule has 0 bridgehead atoms. The van der Waals surface area contributed by atoms with Gasteiger partial charge in [-0.25, -0.2) is 0 Å². The fourth-order valence-electron chi connectivity index (χ4n) is 1.44. The molecule has 0 aromatic carbocycles. The number of carbonyl (C=O) groups is 1. The van der Waals surface area contributed by atoms with E-state index in [2.05, 4.69) is 0 Å². The van der Waals surface area contributed by atoms with Crippen LogP contribution in [0.1, 0.15) is 24.1 Å². The van der Waals surface area contributed by atoms with E-state index in [1.54, 1.807) is 11.3 Å². The van der Waals surface area contributed by atoms with Crippen molar-refractivity contribution >= 4 is 17.3 Å². The molecule has 0 aliphatic heterocycles. The largest absolute Gasteiger partial charge is 0.459 e. The first-order valence-corrected chi connectivity index (χ1v) is 5.57. The van der Waals surface area contributed by atoms with Gasteiger partial charge in [-0.3, -0.25) is 4.79 Å². The lowest BCUT2D eigenvalue weighted by atomic mass is 9.78. The van der Waals surface area contributed by atoms with Crippen LogP contribution in [0.5, 0.6) is 0 Å². The SMILES string of the molecule is NC1(C(=O)OCc2cccs2)CCC1. The Hall–Kier alpha value is -0.870. The lowest BCUT2D eigenvalue weighted by Crippen LogP contribution is -2.54. The predicted octanol–water partition coefficient (Wildman–Crippen LogP) is 1.67. The number of nitrogens with two attached hydrogens (primary N) is 1. The van der Waals surface area contributed by atoms with E-state index < -0.39 is 5.54 Å². The summed E-state index contributed by atoms with van der Waals surface area (Å²) in [6, 6.07) is 3.89. The Labute approximate surface area is 86.9 Å². The third kappa shape index (κ3) is 1.81. The molecular weight excluding hydrogens is 198 g/mol. The van der Waals surface area contributed by atoms with Crippen molar-refractivity contribution in [3.8, 4) is 0 Å². The molecule has 0 atom stereocenters. The van der Waals surface area contributed by atoms with E-state index in [9.17, 15) is 4.79 Å². The summed E-state index contributed by atoms with van der Waals surface area (Å²) in [4.78, 5) is 12.6. The minimum absolute atomic E-state index is 0.253. The normalized spacial score (nSPS) is 18.6. The third-order valence-corrected chi connectivity index (χ3v) is 3.43. The molecule has 1 heterocycles. The van der Waals surface area contributed by atoms with Crippen molar-refractivity contribution in [2.45, 2.75) is 31.4 Å². The van der Waals surface area contributed by atoms with Crippen LogP contribution in [-0.4, -0.2) is 11.5 Å². The van der Waals surface area contributed by atoms with Crippen LogP contribution >= 0.6 is 11.3 Å². The van der Waals surface area contributed by atoms with Crippen LogP contribution in [0.3, 0.4) is 0 Å². The van der Waals surface area contributed by atoms with Gasteiger partial charge < -0.3 is 10.5 Å². The molecular formula is C10H13NO2S. The van der Waals surface area contributed by atoms with Crippen molar-refractivity contribution in [2.24, 2.45) is 5.73 Å². The van der Waals surface area contributed by atoms with Gasteiger partial charge in [0.25, 0.3) is 0 Å². The molecule has 1 aliphatic carbocycles. The Morgan fingerprint density at radius 3 is 2.93 bits per heavy atom. The molecule has 0 unspecified atom stereocenters. The van der Waals surface area contributed by atoms with Crippen molar-refractivity contribution < 1.29 is 9.53 Å². The second kappa shape index (κ2) is 3.71. The lowest BCUT2D eigenvalue weighted by Gasteiger charge is -2.34. The fraction of sp³-hybridized carbons (Fsp3) is 0.500. The van der Waals surface area contributed by atoms with Gasteiger partial charge in [0.05, 0.1) is 0 Å². The molecule has 0 saturated heterocycles. The van der Waals surface area contributed by atoms with Crippen molar-refractivity contribution in [2.75, 3.05) is 0 Å². The highest BCUT2D eigenvalue weighted by Crippen LogP contribution is 2.30. The summed E-state index contributed by atoms with van der Waals surface area (Å²) in [5.41, 5.74) is 5.13.